The maximum Gasteiger partial charge on any atom is 0.238 e. The fraction of sp³-hybridized carbons (Fsp3) is 0.708. The van der Waals surface area contributed by atoms with Crippen molar-refractivity contribution in [3.8, 4) is 0 Å². The average Bonchev–Trinajstić information content (AvgIpc) is 2.65. The SMILES string of the molecule is Cc1cccc(C)c1NC(=O)CN1CCN(C2C3CC4CC(C3)CC2C4)CC1. The minimum Gasteiger partial charge on any atom is -0.324 e. The fourth-order valence-electron chi connectivity index (χ4n) is 7.11. The van der Waals surface area contributed by atoms with Crippen molar-refractivity contribution in [2.45, 2.75) is 52.0 Å². The van der Waals surface area contributed by atoms with Crippen LogP contribution in [0.2, 0.25) is 0 Å². The molecule has 0 spiro atoms. The number of hydrogen-bond acceptors (Lipinski definition) is 3. The predicted molar refractivity (Wildman–Crippen MR) is 113 cm³/mol. The molecule has 4 saturated carbocycles. The smallest absolute Gasteiger partial charge is 0.238 e. The zero-order valence-corrected chi connectivity index (χ0v) is 17.5. The summed E-state index contributed by atoms with van der Waals surface area (Å²) in [5.74, 6) is 4.16. The zero-order chi connectivity index (χ0) is 19.3. The zero-order valence-electron chi connectivity index (χ0n) is 17.5. The highest BCUT2D eigenvalue weighted by molar-refractivity contribution is 5.93. The normalized spacial score (nSPS) is 35.3. The Morgan fingerprint density at radius 1 is 0.929 bits per heavy atom. The molecule has 0 atom stereocenters. The second kappa shape index (κ2) is 7.46. The number of rotatable bonds is 4. The molecule has 152 valence electrons. The van der Waals surface area contributed by atoms with Crippen molar-refractivity contribution in [2.24, 2.45) is 23.7 Å². The lowest BCUT2D eigenvalue weighted by molar-refractivity contribution is -0.118. The third-order valence-corrected chi connectivity index (χ3v) is 8.12. The molecule has 1 N–H and O–H groups in total. The fourth-order valence-corrected chi connectivity index (χ4v) is 7.11. The lowest BCUT2D eigenvalue weighted by Crippen LogP contribution is -2.60. The molecule has 4 heteroatoms. The summed E-state index contributed by atoms with van der Waals surface area (Å²) >= 11 is 0. The number of carbonyl (C=O) groups is 1. The van der Waals surface area contributed by atoms with E-state index in [1.165, 1.54) is 32.1 Å². The van der Waals surface area contributed by atoms with Gasteiger partial charge in [0, 0.05) is 37.9 Å². The summed E-state index contributed by atoms with van der Waals surface area (Å²) in [5, 5.41) is 3.15. The third kappa shape index (κ3) is 3.50. The maximum absolute atomic E-state index is 12.6. The van der Waals surface area contributed by atoms with Crippen LogP contribution >= 0.6 is 0 Å². The molecule has 1 heterocycles. The highest BCUT2D eigenvalue weighted by atomic mass is 16.2. The summed E-state index contributed by atoms with van der Waals surface area (Å²) in [7, 11) is 0. The van der Waals surface area contributed by atoms with E-state index >= 15 is 0 Å². The van der Waals surface area contributed by atoms with Crippen LogP contribution in [-0.2, 0) is 4.79 Å². The number of nitrogens with one attached hydrogen (secondary N) is 1. The number of aryl methyl sites for hydroxylation is 2. The van der Waals surface area contributed by atoms with E-state index in [0.717, 1.165) is 72.7 Å². The van der Waals surface area contributed by atoms with E-state index in [2.05, 4.69) is 41.1 Å². The Labute approximate surface area is 169 Å². The van der Waals surface area contributed by atoms with Crippen LogP contribution in [-0.4, -0.2) is 54.5 Å². The van der Waals surface area contributed by atoms with Crippen molar-refractivity contribution >= 4 is 11.6 Å². The van der Waals surface area contributed by atoms with Crippen LogP contribution in [0, 0.1) is 37.5 Å². The van der Waals surface area contributed by atoms with Gasteiger partial charge in [0.05, 0.1) is 6.54 Å². The molecule has 1 aromatic carbocycles. The van der Waals surface area contributed by atoms with E-state index < -0.39 is 0 Å². The molecule has 1 amide bonds. The number of para-hydroxylation sites is 1. The lowest BCUT2D eigenvalue weighted by Gasteiger charge is -2.58. The largest absolute Gasteiger partial charge is 0.324 e. The van der Waals surface area contributed by atoms with Crippen LogP contribution in [0.25, 0.3) is 0 Å². The van der Waals surface area contributed by atoms with E-state index in [9.17, 15) is 4.79 Å². The van der Waals surface area contributed by atoms with Crippen LogP contribution < -0.4 is 5.32 Å². The summed E-state index contributed by atoms with van der Waals surface area (Å²) < 4.78 is 0. The highest BCUT2D eigenvalue weighted by Crippen LogP contribution is 2.55. The van der Waals surface area contributed by atoms with Gasteiger partial charge in [-0.15, -0.1) is 0 Å². The molecule has 0 unspecified atom stereocenters. The first kappa shape index (κ1) is 18.6. The van der Waals surface area contributed by atoms with E-state index in [0.29, 0.717) is 6.54 Å². The molecule has 0 radical (unpaired) electrons. The Morgan fingerprint density at radius 3 is 2.07 bits per heavy atom. The molecular weight excluding hydrogens is 346 g/mol. The van der Waals surface area contributed by atoms with Gasteiger partial charge in [-0.2, -0.15) is 0 Å². The molecular formula is C24H35N3O. The molecule has 1 aliphatic heterocycles. The van der Waals surface area contributed by atoms with E-state index in [1.54, 1.807) is 0 Å². The Kier molecular flexibility index (Phi) is 4.96. The average molecular weight is 382 g/mol. The lowest BCUT2D eigenvalue weighted by atomic mass is 9.54. The molecule has 5 aliphatic rings. The third-order valence-electron chi connectivity index (χ3n) is 8.12. The van der Waals surface area contributed by atoms with Gasteiger partial charge in [-0.05, 0) is 80.8 Å². The minimum absolute atomic E-state index is 0.125. The van der Waals surface area contributed by atoms with Crippen LogP contribution in [0.4, 0.5) is 5.69 Å². The van der Waals surface area contributed by atoms with Gasteiger partial charge >= 0.3 is 0 Å². The molecule has 0 aromatic heterocycles. The van der Waals surface area contributed by atoms with Crippen LogP contribution in [0.15, 0.2) is 18.2 Å². The molecule has 1 aromatic rings. The first-order valence-electron chi connectivity index (χ1n) is 11.4. The van der Waals surface area contributed by atoms with Crippen LogP contribution in [0.5, 0.6) is 0 Å². The van der Waals surface area contributed by atoms with Gasteiger partial charge in [-0.25, -0.2) is 0 Å². The Hall–Kier alpha value is -1.39. The molecule has 4 bridgehead atoms. The molecule has 4 aliphatic carbocycles. The second-order valence-corrected chi connectivity index (χ2v) is 10.0. The van der Waals surface area contributed by atoms with E-state index in [1.807, 2.05) is 6.07 Å². The molecule has 4 nitrogen and oxygen atoms in total. The van der Waals surface area contributed by atoms with E-state index in [-0.39, 0.29) is 5.91 Å². The van der Waals surface area contributed by atoms with Crippen molar-refractivity contribution in [1.82, 2.24) is 9.80 Å². The highest BCUT2D eigenvalue weighted by Gasteiger charge is 2.50. The monoisotopic (exact) mass is 381 g/mol. The summed E-state index contributed by atoms with van der Waals surface area (Å²) in [5.41, 5.74) is 3.26. The van der Waals surface area contributed by atoms with Crippen molar-refractivity contribution in [1.29, 1.82) is 0 Å². The van der Waals surface area contributed by atoms with Crippen molar-refractivity contribution in [2.75, 3.05) is 38.0 Å². The van der Waals surface area contributed by atoms with Crippen molar-refractivity contribution in [3.05, 3.63) is 29.3 Å². The first-order valence-corrected chi connectivity index (χ1v) is 11.4. The number of amides is 1. The van der Waals surface area contributed by atoms with Gasteiger partial charge in [-0.3, -0.25) is 14.6 Å². The van der Waals surface area contributed by atoms with E-state index in [4.69, 9.17) is 0 Å². The summed E-state index contributed by atoms with van der Waals surface area (Å²) in [6.07, 6.45) is 7.52. The quantitative estimate of drug-likeness (QED) is 0.864. The number of hydrogen-bond donors (Lipinski definition) is 1. The first-order chi connectivity index (χ1) is 13.6. The Morgan fingerprint density at radius 2 is 1.50 bits per heavy atom. The number of benzene rings is 1. The van der Waals surface area contributed by atoms with Gasteiger partial charge < -0.3 is 5.32 Å². The van der Waals surface area contributed by atoms with Gasteiger partial charge in [0.25, 0.3) is 0 Å². The molecule has 5 fully saturated rings. The standard InChI is InChI=1S/C24H35N3O/c1-16-4-3-5-17(2)23(16)25-22(28)15-26-6-8-27(9-7-26)24-20-11-18-10-19(13-20)14-21(24)12-18/h3-5,18-21,24H,6-15H2,1-2H3,(H,25,28). The number of carbonyl (C=O) groups excluding carboxylic acids is 1. The number of anilines is 1. The molecule has 1 saturated heterocycles. The maximum atomic E-state index is 12.6. The molecule has 28 heavy (non-hydrogen) atoms. The topological polar surface area (TPSA) is 35.6 Å². The predicted octanol–water partition coefficient (Wildman–Crippen LogP) is 3.68. The Bertz CT molecular complexity index is 689. The van der Waals surface area contributed by atoms with Gasteiger partial charge in [0.2, 0.25) is 5.91 Å². The second-order valence-electron chi connectivity index (χ2n) is 10.0. The molecule has 6 rings (SSSR count). The summed E-state index contributed by atoms with van der Waals surface area (Å²) in [6.45, 7) is 8.99. The minimum atomic E-state index is 0.125. The number of piperazine rings is 1. The van der Waals surface area contributed by atoms with Gasteiger partial charge in [0.1, 0.15) is 0 Å². The summed E-state index contributed by atoms with van der Waals surface area (Å²) in [4.78, 5) is 17.7. The van der Waals surface area contributed by atoms with Crippen molar-refractivity contribution < 1.29 is 4.79 Å². The van der Waals surface area contributed by atoms with Crippen LogP contribution in [0.3, 0.4) is 0 Å². The van der Waals surface area contributed by atoms with Gasteiger partial charge in [-0.1, -0.05) is 18.2 Å². The van der Waals surface area contributed by atoms with Crippen molar-refractivity contribution in [3.63, 3.8) is 0 Å². The summed E-state index contributed by atoms with van der Waals surface area (Å²) in [6, 6.07) is 7.01. The van der Waals surface area contributed by atoms with Crippen LogP contribution in [0.1, 0.15) is 43.2 Å². The number of nitrogens with zero attached hydrogens (tertiary/aromatic N) is 2. The van der Waals surface area contributed by atoms with Gasteiger partial charge in [0.15, 0.2) is 0 Å². The Balaban J connectivity index is 1.14.